The Kier molecular flexibility index (Phi) is 4.63. The Bertz CT molecular complexity index is 466. The Balaban J connectivity index is 2.30. The van der Waals surface area contributed by atoms with E-state index in [1.54, 1.807) is 6.07 Å². The minimum absolute atomic E-state index is 0.0912. The van der Waals surface area contributed by atoms with Gasteiger partial charge >= 0.3 is 6.09 Å². The van der Waals surface area contributed by atoms with Crippen molar-refractivity contribution in [2.24, 2.45) is 5.73 Å². The Hall–Kier alpha value is -1.30. The monoisotopic (exact) mass is 285 g/mol. The molecule has 2 atom stereocenters. The molecule has 0 fully saturated rings. The Morgan fingerprint density at radius 1 is 1.53 bits per heavy atom. The summed E-state index contributed by atoms with van der Waals surface area (Å²) in [5.74, 6) is 0. The maximum atomic E-state index is 11.0. The van der Waals surface area contributed by atoms with Crippen molar-refractivity contribution in [2.45, 2.75) is 25.0 Å². The van der Waals surface area contributed by atoms with E-state index in [-0.39, 0.29) is 6.79 Å². The van der Waals surface area contributed by atoms with E-state index in [2.05, 4.69) is 0 Å². The van der Waals surface area contributed by atoms with Crippen LogP contribution < -0.4 is 5.73 Å². The highest BCUT2D eigenvalue weighted by atomic mass is 35.5. The number of ether oxygens (including phenoxy) is 3. The number of carbonyl (C=O) groups is 1. The van der Waals surface area contributed by atoms with Gasteiger partial charge < -0.3 is 19.9 Å². The number of halogens is 1. The molecular formula is C13H16ClNO4. The molecule has 2 N–H and O–H groups in total. The van der Waals surface area contributed by atoms with Gasteiger partial charge in [0.25, 0.3) is 0 Å². The van der Waals surface area contributed by atoms with E-state index in [1.807, 2.05) is 12.1 Å². The first-order valence-electron chi connectivity index (χ1n) is 5.97. The number of hydrogen-bond acceptors (Lipinski definition) is 4. The molecule has 1 aliphatic rings. The second-order valence-corrected chi connectivity index (χ2v) is 4.73. The molecule has 5 nitrogen and oxygen atoms in total. The molecule has 0 bridgehead atoms. The van der Waals surface area contributed by atoms with Crippen LogP contribution in [-0.4, -0.2) is 26.1 Å². The molecule has 19 heavy (non-hydrogen) atoms. The lowest BCUT2D eigenvalue weighted by Crippen LogP contribution is -2.34. The summed E-state index contributed by atoms with van der Waals surface area (Å²) in [5, 5.41) is 0.594. The zero-order valence-electron chi connectivity index (χ0n) is 10.6. The predicted octanol–water partition coefficient (Wildman–Crippen LogP) is 2.41. The maximum absolute atomic E-state index is 11.0. The molecule has 0 heterocycles. The molecule has 1 aromatic rings. The highest BCUT2D eigenvalue weighted by molar-refractivity contribution is 6.31. The first-order chi connectivity index (χ1) is 9.13. The second kappa shape index (κ2) is 6.23. The Labute approximate surface area is 116 Å². The number of rotatable bonds is 4. The van der Waals surface area contributed by atoms with E-state index in [4.69, 9.17) is 31.5 Å². The number of hydrogen-bond donors (Lipinski definition) is 1. The smallest absolute Gasteiger partial charge is 0.404 e. The minimum atomic E-state index is -0.813. The van der Waals surface area contributed by atoms with Crippen LogP contribution in [0.2, 0.25) is 5.02 Å². The summed E-state index contributed by atoms with van der Waals surface area (Å²) in [6.07, 6.45) is -0.304. The summed E-state index contributed by atoms with van der Waals surface area (Å²) >= 11 is 6.23. The quantitative estimate of drug-likeness (QED) is 0.863. The van der Waals surface area contributed by atoms with E-state index in [9.17, 15) is 4.79 Å². The second-order valence-electron chi connectivity index (χ2n) is 4.32. The van der Waals surface area contributed by atoms with Gasteiger partial charge in [-0.15, -0.1) is 0 Å². The summed E-state index contributed by atoms with van der Waals surface area (Å²) in [6.45, 7) is 0.0912. The van der Waals surface area contributed by atoms with Crippen molar-refractivity contribution in [1.82, 2.24) is 0 Å². The van der Waals surface area contributed by atoms with E-state index in [1.165, 1.54) is 7.11 Å². The molecule has 2 rings (SSSR count). The van der Waals surface area contributed by atoms with Crippen molar-refractivity contribution in [1.29, 1.82) is 0 Å². The first-order valence-corrected chi connectivity index (χ1v) is 6.35. The molecule has 1 amide bonds. The van der Waals surface area contributed by atoms with Crippen LogP contribution >= 0.6 is 11.6 Å². The molecule has 6 heteroatoms. The number of primary amides is 1. The van der Waals surface area contributed by atoms with Gasteiger partial charge in [0, 0.05) is 17.7 Å². The normalized spacial score (nSPS) is 21.8. The van der Waals surface area contributed by atoms with Gasteiger partial charge in [-0.05, 0) is 24.5 Å². The van der Waals surface area contributed by atoms with Gasteiger partial charge in [0.1, 0.15) is 19.0 Å². The molecule has 104 valence electrons. The molecule has 0 spiro atoms. The van der Waals surface area contributed by atoms with Gasteiger partial charge in [0.05, 0.1) is 0 Å². The SMILES string of the molecule is COCO[C@@H]1c2c(Cl)cccc2CC[C@H]1OC(N)=O. The minimum Gasteiger partial charge on any atom is -0.443 e. The van der Waals surface area contributed by atoms with Gasteiger partial charge in [0.2, 0.25) is 0 Å². The van der Waals surface area contributed by atoms with Crippen LogP contribution in [0.3, 0.4) is 0 Å². The number of methoxy groups -OCH3 is 1. The van der Waals surface area contributed by atoms with Gasteiger partial charge in [-0.2, -0.15) is 0 Å². The third-order valence-corrected chi connectivity index (χ3v) is 3.43. The van der Waals surface area contributed by atoms with Gasteiger partial charge in [-0.1, -0.05) is 23.7 Å². The topological polar surface area (TPSA) is 70.8 Å². The average Bonchev–Trinajstić information content (AvgIpc) is 2.37. The van der Waals surface area contributed by atoms with Crippen molar-refractivity contribution in [3.05, 3.63) is 34.3 Å². The predicted molar refractivity (Wildman–Crippen MR) is 69.9 cm³/mol. The fraction of sp³-hybridized carbons (Fsp3) is 0.462. The number of nitrogens with two attached hydrogens (primary N) is 1. The molecule has 0 saturated carbocycles. The molecule has 1 aliphatic carbocycles. The standard InChI is InChI=1S/C13H16ClNO4/c1-17-7-18-12-10(19-13(15)16)6-5-8-3-2-4-9(14)11(8)12/h2-4,10,12H,5-7H2,1H3,(H2,15,16)/t10-,12+/m1/s1. The van der Waals surface area contributed by atoms with Crippen LogP contribution in [0.5, 0.6) is 0 Å². The number of amides is 1. The summed E-state index contributed by atoms with van der Waals surface area (Å²) in [4.78, 5) is 11.0. The number of fused-ring (bicyclic) bond motifs is 1. The highest BCUT2D eigenvalue weighted by Crippen LogP contribution is 2.38. The van der Waals surface area contributed by atoms with Crippen LogP contribution in [0.15, 0.2) is 18.2 Å². The molecule has 0 radical (unpaired) electrons. The van der Waals surface area contributed by atoms with Crippen LogP contribution in [0, 0.1) is 0 Å². The van der Waals surface area contributed by atoms with Crippen LogP contribution in [0.4, 0.5) is 4.79 Å². The van der Waals surface area contributed by atoms with Crippen LogP contribution in [-0.2, 0) is 20.6 Å². The van der Waals surface area contributed by atoms with Crippen molar-refractivity contribution in [2.75, 3.05) is 13.9 Å². The molecule has 0 aliphatic heterocycles. The zero-order valence-corrected chi connectivity index (χ0v) is 11.4. The van der Waals surface area contributed by atoms with Crippen molar-refractivity contribution in [3.8, 4) is 0 Å². The third-order valence-electron chi connectivity index (χ3n) is 3.10. The number of aryl methyl sites for hydroxylation is 1. The summed E-state index contributed by atoms with van der Waals surface area (Å²) in [5.41, 5.74) is 7.03. The fourth-order valence-electron chi connectivity index (χ4n) is 2.36. The van der Waals surface area contributed by atoms with Crippen LogP contribution in [0.1, 0.15) is 23.7 Å². The van der Waals surface area contributed by atoms with E-state index in [0.29, 0.717) is 11.4 Å². The molecular weight excluding hydrogens is 270 g/mol. The summed E-state index contributed by atoms with van der Waals surface area (Å²) in [7, 11) is 1.53. The molecule has 0 saturated heterocycles. The summed E-state index contributed by atoms with van der Waals surface area (Å²) < 4.78 is 15.6. The largest absolute Gasteiger partial charge is 0.443 e. The Morgan fingerprint density at radius 2 is 2.32 bits per heavy atom. The van der Waals surface area contributed by atoms with E-state index >= 15 is 0 Å². The van der Waals surface area contributed by atoms with Gasteiger partial charge in [-0.3, -0.25) is 0 Å². The molecule has 1 aromatic carbocycles. The van der Waals surface area contributed by atoms with Gasteiger partial charge in [-0.25, -0.2) is 4.79 Å². The first kappa shape index (κ1) is 14.1. The number of benzene rings is 1. The maximum Gasteiger partial charge on any atom is 0.404 e. The van der Waals surface area contributed by atoms with Crippen LogP contribution in [0.25, 0.3) is 0 Å². The van der Waals surface area contributed by atoms with Crippen molar-refractivity contribution < 1.29 is 19.0 Å². The lowest BCUT2D eigenvalue weighted by molar-refractivity contribution is -0.119. The third kappa shape index (κ3) is 3.18. The highest BCUT2D eigenvalue weighted by Gasteiger charge is 2.34. The fourth-order valence-corrected chi connectivity index (χ4v) is 2.66. The number of carbonyl (C=O) groups excluding carboxylic acids is 1. The average molecular weight is 286 g/mol. The molecule has 0 aromatic heterocycles. The lowest BCUT2D eigenvalue weighted by atomic mass is 9.87. The Morgan fingerprint density at radius 3 is 3.00 bits per heavy atom. The van der Waals surface area contributed by atoms with E-state index in [0.717, 1.165) is 17.5 Å². The molecule has 0 unspecified atom stereocenters. The van der Waals surface area contributed by atoms with Crippen molar-refractivity contribution in [3.63, 3.8) is 0 Å². The zero-order chi connectivity index (χ0) is 13.8. The van der Waals surface area contributed by atoms with Gasteiger partial charge in [0.15, 0.2) is 0 Å². The lowest BCUT2D eigenvalue weighted by Gasteiger charge is -2.33. The van der Waals surface area contributed by atoms with E-state index < -0.39 is 18.3 Å². The van der Waals surface area contributed by atoms with Crippen molar-refractivity contribution >= 4 is 17.7 Å². The summed E-state index contributed by atoms with van der Waals surface area (Å²) in [6, 6.07) is 5.67.